The van der Waals surface area contributed by atoms with E-state index in [0.29, 0.717) is 5.60 Å². The zero-order chi connectivity index (χ0) is 7.03. The Hall–Kier alpha value is 0.690. The van der Waals surface area contributed by atoms with E-state index in [1.165, 1.54) is 30.1 Å². The van der Waals surface area contributed by atoms with Crippen molar-refractivity contribution in [2.45, 2.75) is 31.3 Å². The van der Waals surface area contributed by atoms with Gasteiger partial charge in [0.1, 0.15) is 0 Å². The van der Waals surface area contributed by atoms with Crippen LogP contribution < -0.4 is 0 Å². The predicted molar refractivity (Wildman–Crippen MR) is 49.5 cm³/mol. The molecule has 2 aliphatic rings. The van der Waals surface area contributed by atoms with Gasteiger partial charge in [0.05, 0.1) is 5.60 Å². The molecule has 2 atom stereocenters. The second-order valence-electron chi connectivity index (χ2n) is 3.42. The number of fused-ring (bicyclic) bond motifs is 1. The minimum Gasteiger partial charge on any atom is -0.374 e. The van der Waals surface area contributed by atoms with Gasteiger partial charge in [0.2, 0.25) is 0 Å². The molecule has 2 fully saturated rings. The molecule has 1 saturated heterocycles. The smallest absolute Gasteiger partial charge is 0.0800 e. The first-order chi connectivity index (χ1) is 4.87. The number of hydrogen-bond acceptors (Lipinski definition) is 1. The van der Waals surface area contributed by atoms with Gasteiger partial charge in [0.25, 0.3) is 0 Å². The van der Waals surface area contributed by atoms with Crippen molar-refractivity contribution in [2.75, 3.05) is 11.0 Å². The highest BCUT2D eigenvalue weighted by atomic mass is 127. The van der Waals surface area contributed by atoms with E-state index < -0.39 is 0 Å². The van der Waals surface area contributed by atoms with Gasteiger partial charge in [-0.25, -0.2) is 0 Å². The minimum atomic E-state index is 0.334. The fraction of sp³-hybridized carbons (Fsp3) is 1.00. The normalized spacial score (nSPS) is 45.9. The highest BCUT2D eigenvalue weighted by molar-refractivity contribution is 14.1. The topological polar surface area (TPSA) is 9.23 Å². The summed E-state index contributed by atoms with van der Waals surface area (Å²) in [6.45, 7) is 1.02. The summed E-state index contributed by atoms with van der Waals surface area (Å²) in [6.07, 6.45) is 5.46. The fourth-order valence-corrected chi connectivity index (χ4v) is 3.56. The molecule has 58 valence electrons. The van der Waals surface area contributed by atoms with Crippen LogP contribution in [0.4, 0.5) is 0 Å². The van der Waals surface area contributed by atoms with Crippen molar-refractivity contribution < 1.29 is 4.74 Å². The third-order valence-electron chi connectivity index (χ3n) is 2.98. The third kappa shape index (κ3) is 0.916. The lowest BCUT2D eigenvalue weighted by atomic mass is 9.93. The first-order valence-electron chi connectivity index (χ1n) is 4.07. The van der Waals surface area contributed by atoms with Gasteiger partial charge < -0.3 is 4.74 Å². The van der Waals surface area contributed by atoms with Gasteiger partial charge in [-0.1, -0.05) is 29.0 Å². The molecule has 0 aromatic carbocycles. The monoisotopic (exact) mass is 252 g/mol. The second-order valence-corrected chi connectivity index (χ2v) is 4.19. The van der Waals surface area contributed by atoms with Gasteiger partial charge in [0.15, 0.2) is 0 Å². The Morgan fingerprint density at radius 2 is 2.40 bits per heavy atom. The van der Waals surface area contributed by atoms with Crippen molar-refractivity contribution in [3.63, 3.8) is 0 Å². The summed E-state index contributed by atoms with van der Waals surface area (Å²) in [6, 6.07) is 0. The van der Waals surface area contributed by atoms with E-state index in [2.05, 4.69) is 22.6 Å². The Kier molecular flexibility index (Phi) is 1.93. The van der Waals surface area contributed by atoms with Gasteiger partial charge in [-0.05, 0) is 25.2 Å². The van der Waals surface area contributed by atoms with Crippen molar-refractivity contribution >= 4 is 22.6 Å². The Balaban J connectivity index is 2.15. The Labute approximate surface area is 75.7 Å². The Bertz CT molecular complexity index is 125. The summed E-state index contributed by atoms with van der Waals surface area (Å²) in [5, 5.41) is 0. The minimum absolute atomic E-state index is 0.334. The molecule has 1 saturated carbocycles. The van der Waals surface area contributed by atoms with Crippen LogP contribution in [0.2, 0.25) is 0 Å². The average molecular weight is 252 g/mol. The van der Waals surface area contributed by atoms with E-state index in [1.807, 2.05) is 0 Å². The lowest BCUT2D eigenvalue weighted by Gasteiger charge is -2.25. The number of alkyl halides is 1. The maximum Gasteiger partial charge on any atom is 0.0800 e. The Morgan fingerprint density at radius 1 is 1.50 bits per heavy atom. The number of rotatable bonds is 1. The van der Waals surface area contributed by atoms with E-state index >= 15 is 0 Å². The first kappa shape index (κ1) is 7.35. The molecule has 2 rings (SSSR count). The SMILES string of the molecule is IC[C@]12CCC[C@H]1CCO2. The van der Waals surface area contributed by atoms with E-state index in [9.17, 15) is 0 Å². The van der Waals surface area contributed by atoms with Gasteiger partial charge in [0, 0.05) is 11.0 Å². The van der Waals surface area contributed by atoms with Crippen molar-refractivity contribution in [1.29, 1.82) is 0 Å². The van der Waals surface area contributed by atoms with Crippen LogP contribution >= 0.6 is 22.6 Å². The van der Waals surface area contributed by atoms with Crippen LogP contribution in [0.25, 0.3) is 0 Å². The van der Waals surface area contributed by atoms with Gasteiger partial charge in [-0.15, -0.1) is 0 Å². The number of halogens is 1. The van der Waals surface area contributed by atoms with Crippen LogP contribution in [-0.4, -0.2) is 16.6 Å². The molecule has 0 N–H and O–H groups in total. The maximum atomic E-state index is 5.81. The van der Waals surface area contributed by atoms with Crippen LogP contribution in [0.1, 0.15) is 25.7 Å². The van der Waals surface area contributed by atoms with Crippen LogP contribution in [0.15, 0.2) is 0 Å². The van der Waals surface area contributed by atoms with Gasteiger partial charge in [-0.2, -0.15) is 0 Å². The van der Waals surface area contributed by atoms with E-state index in [0.717, 1.165) is 12.5 Å². The van der Waals surface area contributed by atoms with E-state index in [-0.39, 0.29) is 0 Å². The maximum absolute atomic E-state index is 5.81. The van der Waals surface area contributed by atoms with Crippen LogP contribution in [0, 0.1) is 5.92 Å². The predicted octanol–water partition coefficient (Wildman–Crippen LogP) is 2.38. The molecule has 0 radical (unpaired) electrons. The summed E-state index contributed by atoms with van der Waals surface area (Å²) in [7, 11) is 0. The molecule has 0 amide bonds. The quantitative estimate of drug-likeness (QED) is 0.514. The molecule has 1 nitrogen and oxygen atoms in total. The summed E-state index contributed by atoms with van der Waals surface area (Å²) in [5.41, 5.74) is 0.334. The lowest BCUT2D eigenvalue weighted by molar-refractivity contribution is 0.0153. The van der Waals surface area contributed by atoms with Crippen molar-refractivity contribution in [1.82, 2.24) is 0 Å². The molecular weight excluding hydrogens is 239 g/mol. The molecule has 2 heteroatoms. The molecule has 0 aromatic heterocycles. The molecule has 1 aliphatic carbocycles. The third-order valence-corrected chi connectivity index (χ3v) is 4.27. The average Bonchev–Trinajstić information content (AvgIpc) is 2.42. The van der Waals surface area contributed by atoms with E-state index in [1.54, 1.807) is 0 Å². The zero-order valence-electron chi connectivity index (χ0n) is 6.11. The Morgan fingerprint density at radius 3 is 3.10 bits per heavy atom. The summed E-state index contributed by atoms with van der Waals surface area (Å²) >= 11 is 2.47. The van der Waals surface area contributed by atoms with Crippen LogP contribution in [0.3, 0.4) is 0 Å². The standard InChI is InChI=1S/C8H13IO/c9-6-8-4-1-2-7(8)3-5-10-8/h7H,1-6H2/t7-,8+/m0/s1. The molecule has 1 heterocycles. The second kappa shape index (κ2) is 2.63. The molecule has 0 spiro atoms. The van der Waals surface area contributed by atoms with Gasteiger partial charge in [-0.3, -0.25) is 0 Å². The highest BCUT2D eigenvalue weighted by Crippen LogP contribution is 2.46. The molecule has 0 aromatic rings. The molecule has 1 aliphatic heterocycles. The largest absolute Gasteiger partial charge is 0.374 e. The summed E-state index contributed by atoms with van der Waals surface area (Å²) in [5.74, 6) is 0.907. The van der Waals surface area contributed by atoms with Crippen molar-refractivity contribution in [3.8, 4) is 0 Å². The van der Waals surface area contributed by atoms with Crippen LogP contribution in [-0.2, 0) is 4.74 Å². The van der Waals surface area contributed by atoms with Gasteiger partial charge >= 0.3 is 0 Å². The summed E-state index contributed by atoms with van der Waals surface area (Å²) < 4.78 is 7.01. The van der Waals surface area contributed by atoms with Crippen LogP contribution in [0.5, 0.6) is 0 Å². The summed E-state index contributed by atoms with van der Waals surface area (Å²) in [4.78, 5) is 0. The molecule has 0 unspecified atom stereocenters. The van der Waals surface area contributed by atoms with Crippen molar-refractivity contribution in [2.24, 2.45) is 5.92 Å². The number of hydrogen-bond donors (Lipinski definition) is 0. The molecule has 0 bridgehead atoms. The number of ether oxygens (including phenoxy) is 1. The zero-order valence-corrected chi connectivity index (χ0v) is 8.26. The fourth-order valence-electron chi connectivity index (χ4n) is 2.33. The first-order valence-corrected chi connectivity index (χ1v) is 5.60. The molecule has 10 heavy (non-hydrogen) atoms. The lowest BCUT2D eigenvalue weighted by Crippen LogP contribution is -2.32. The van der Waals surface area contributed by atoms with Crippen molar-refractivity contribution in [3.05, 3.63) is 0 Å². The highest BCUT2D eigenvalue weighted by Gasteiger charge is 2.46. The van der Waals surface area contributed by atoms with E-state index in [4.69, 9.17) is 4.74 Å². The molecular formula is C8H13IO.